The quantitative estimate of drug-likeness (QED) is 0.880. The average molecular weight is 276 g/mol. The molecule has 1 atom stereocenters. The van der Waals surface area contributed by atoms with Crippen LogP contribution in [0.3, 0.4) is 0 Å². The van der Waals surface area contributed by atoms with E-state index in [9.17, 15) is 9.59 Å². The largest absolute Gasteiger partial charge is 0.466 e. The molecule has 1 aromatic heterocycles. The maximum atomic E-state index is 12.1. The zero-order chi connectivity index (χ0) is 14.1. The predicted molar refractivity (Wildman–Crippen MR) is 73.0 cm³/mol. The minimum absolute atomic E-state index is 0.00946. The third-order valence-electron chi connectivity index (χ3n) is 3.98. The van der Waals surface area contributed by atoms with E-state index in [1.165, 1.54) is 0 Å². The van der Waals surface area contributed by atoms with Gasteiger partial charge in [0.1, 0.15) is 11.5 Å². The first-order chi connectivity index (χ1) is 9.63. The monoisotopic (exact) mass is 276 g/mol. The lowest BCUT2D eigenvalue weighted by Crippen LogP contribution is -2.34. The molecule has 1 saturated carbocycles. The van der Waals surface area contributed by atoms with E-state index < -0.39 is 0 Å². The van der Waals surface area contributed by atoms with Gasteiger partial charge in [-0.1, -0.05) is 0 Å². The van der Waals surface area contributed by atoms with Crippen LogP contribution in [0.4, 0.5) is 0 Å². The highest BCUT2D eigenvalue weighted by molar-refractivity contribution is 5.89. The molecule has 5 heteroatoms. The minimum Gasteiger partial charge on any atom is -0.466 e. The van der Waals surface area contributed by atoms with Crippen LogP contribution in [0.25, 0.3) is 0 Å². The molecule has 1 aromatic rings. The molecule has 2 fully saturated rings. The van der Waals surface area contributed by atoms with Gasteiger partial charge in [0.05, 0.1) is 5.92 Å². The Morgan fingerprint density at radius 1 is 1.45 bits per heavy atom. The predicted octanol–water partition coefficient (Wildman–Crippen LogP) is 1.26. The molecule has 0 bridgehead atoms. The van der Waals surface area contributed by atoms with Gasteiger partial charge in [0.25, 0.3) is 0 Å². The van der Waals surface area contributed by atoms with Gasteiger partial charge in [0, 0.05) is 32.0 Å². The molecule has 1 aliphatic carbocycles. The summed E-state index contributed by atoms with van der Waals surface area (Å²) >= 11 is 0. The maximum absolute atomic E-state index is 12.1. The first-order valence-electron chi connectivity index (χ1n) is 7.26. The first kappa shape index (κ1) is 13.2. The Labute approximate surface area is 118 Å². The molecule has 2 amide bonds. The molecule has 108 valence electrons. The minimum atomic E-state index is -0.179. The molecule has 0 aromatic carbocycles. The summed E-state index contributed by atoms with van der Waals surface area (Å²) in [6.45, 7) is 3.05. The Bertz CT molecular complexity index is 519. The summed E-state index contributed by atoms with van der Waals surface area (Å²) in [5.41, 5.74) is 0. The number of carbonyl (C=O) groups is 2. The Balaban J connectivity index is 1.44. The molecular weight excluding hydrogens is 256 g/mol. The van der Waals surface area contributed by atoms with Crippen molar-refractivity contribution in [3.8, 4) is 0 Å². The van der Waals surface area contributed by atoms with E-state index in [0.717, 1.165) is 24.4 Å². The van der Waals surface area contributed by atoms with Crippen LogP contribution in [0, 0.1) is 12.8 Å². The topological polar surface area (TPSA) is 62.6 Å². The van der Waals surface area contributed by atoms with E-state index in [-0.39, 0.29) is 17.7 Å². The lowest BCUT2D eigenvalue weighted by atomic mass is 10.1. The maximum Gasteiger partial charge on any atom is 0.225 e. The lowest BCUT2D eigenvalue weighted by Gasteiger charge is -2.15. The molecule has 1 saturated heterocycles. The molecule has 5 nitrogen and oxygen atoms in total. The smallest absolute Gasteiger partial charge is 0.225 e. The van der Waals surface area contributed by atoms with Crippen molar-refractivity contribution in [3.63, 3.8) is 0 Å². The average Bonchev–Trinajstić information content (AvgIpc) is 3.06. The molecule has 2 heterocycles. The molecular formula is C15H20N2O3. The highest BCUT2D eigenvalue weighted by Gasteiger charge is 2.41. The number of carbonyl (C=O) groups excluding carboxylic acids is 2. The second-order valence-corrected chi connectivity index (χ2v) is 5.73. The lowest BCUT2D eigenvalue weighted by molar-refractivity contribution is -0.129. The van der Waals surface area contributed by atoms with Gasteiger partial charge >= 0.3 is 0 Å². The fourth-order valence-electron chi connectivity index (χ4n) is 2.72. The Kier molecular flexibility index (Phi) is 3.51. The zero-order valence-corrected chi connectivity index (χ0v) is 11.7. The Morgan fingerprint density at radius 2 is 2.25 bits per heavy atom. The van der Waals surface area contributed by atoms with Crippen molar-refractivity contribution >= 4 is 11.8 Å². The van der Waals surface area contributed by atoms with Crippen molar-refractivity contribution in [2.75, 3.05) is 13.1 Å². The van der Waals surface area contributed by atoms with Crippen molar-refractivity contribution < 1.29 is 14.0 Å². The number of amides is 2. The number of furan rings is 1. The number of nitrogens with one attached hydrogen (secondary N) is 1. The second-order valence-electron chi connectivity index (χ2n) is 5.73. The van der Waals surface area contributed by atoms with E-state index in [2.05, 4.69) is 5.32 Å². The van der Waals surface area contributed by atoms with E-state index in [4.69, 9.17) is 4.42 Å². The second kappa shape index (κ2) is 5.31. The zero-order valence-electron chi connectivity index (χ0n) is 11.7. The first-order valence-corrected chi connectivity index (χ1v) is 7.26. The van der Waals surface area contributed by atoms with Crippen molar-refractivity contribution in [2.24, 2.45) is 5.92 Å². The number of aryl methyl sites for hydroxylation is 1. The SMILES string of the molecule is Cc1ccc(CCNC(=O)[C@@H]2CC(=O)N(C3CC3)C2)o1. The number of hydrogen-bond acceptors (Lipinski definition) is 3. The van der Waals surface area contributed by atoms with E-state index in [0.29, 0.717) is 32.0 Å². The number of hydrogen-bond donors (Lipinski definition) is 1. The fourth-order valence-corrected chi connectivity index (χ4v) is 2.72. The summed E-state index contributed by atoms with van der Waals surface area (Å²) < 4.78 is 5.45. The van der Waals surface area contributed by atoms with E-state index in [1.807, 2.05) is 24.0 Å². The molecule has 0 unspecified atom stereocenters. The molecule has 2 aliphatic rings. The summed E-state index contributed by atoms with van der Waals surface area (Å²) in [4.78, 5) is 25.7. The van der Waals surface area contributed by atoms with E-state index >= 15 is 0 Å². The van der Waals surface area contributed by atoms with Crippen molar-refractivity contribution in [1.82, 2.24) is 10.2 Å². The fraction of sp³-hybridized carbons (Fsp3) is 0.600. The van der Waals surface area contributed by atoms with Gasteiger partial charge in [-0.2, -0.15) is 0 Å². The van der Waals surface area contributed by atoms with Gasteiger partial charge in [-0.3, -0.25) is 9.59 Å². The standard InChI is InChI=1S/C15H20N2O3/c1-10-2-5-13(20-10)6-7-16-15(19)11-8-14(18)17(9-11)12-3-4-12/h2,5,11-12H,3-4,6-9H2,1H3,(H,16,19)/t11-/m1/s1. The Hall–Kier alpha value is -1.78. The summed E-state index contributed by atoms with van der Waals surface area (Å²) in [6, 6.07) is 4.25. The summed E-state index contributed by atoms with van der Waals surface area (Å²) in [5, 5.41) is 2.90. The van der Waals surface area contributed by atoms with Crippen molar-refractivity contribution in [1.29, 1.82) is 0 Å². The molecule has 0 spiro atoms. The molecule has 1 N–H and O–H groups in total. The number of nitrogens with zero attached hydrogens (tertiary/aromatic N) is 1. The van der Waals surface area contributed by atoms with Crippen LogP contribution >= 0.6 is 0 Å². The summed E-state index contributed by atoms with van der Waals surface area (Å²) in [7, 11) is 0. The summed E-state index contributed by atoms with van der Waals surface area (Å²) in [6.07, 6.45) is 3.24. The van der Waals surface area contributed by atoms with Crippen LogP contribution in [0.2, 0.25) is 0 Å². The molecule has 20 heavy (non-hydrogen) atoms. The Morgan fingerprint density at radius 3 is 2.90 bits per heavy atom. The van der Waals surface area contributed by atoms with Crippen LogP contribution in [-0.2, 0) is 16.0 Å². The van der Waals surface area contributed by atoms with Crippen LogP contribution < -0.4 is 5.32 Å². The third kappa shape index (κ3) is 2.86. The van der Waals surface area contributed by atoms with Crippen molar-refractivity contribution in [2.45, 2.75) is 38.6 Å². The van der Waals surface area contributed by atoms with E-state index in [1.54, 1.807) is 0 Å². The number of likely N-dealkylation sites (tertiary alicyclic amines) is 1. The van der Waals surface area contributed by atoms with Crippen LogP contribution in [0.15, 0.2) is 16.5 Å². The van der Waals surface area contributed by atoms with Crippen LogP contribution in [0.5, 0.6) is 0 Å². The van der Waals surface area contributed by atoms with Gasteiger partial charge in [-0.15, -0.1) is 0 Å². The highest BCUT2D eigenvalue weighted by Crippen LogP contribution is 2.32. The van der Waals surface area contributed by atoms with Crippen molar-refractivity contribution in [3.05, 3.63) is 23.7 Å². The van der Waals surface area contributed by atoms with Gasteiger partial charge < -0.3 is 14.6 Å². The molecule has 1 aliphatic heterocycles. The van der Waals surface area contributed by atoms with Crippen LogP contribution in [0.1, 0.15) is 30.8 Å². The van der Waals surface area contributed by atoms with Gasteiger partial charge in [-0.25, -0.2) is 0 Å². The number of rotatable bonds is 5. The molecule has 0 radical (unpaired) electrons. The van der Waals surface area contributed by atoms with Crippen LogP contribution in [-0.4, -0.2) is 35.8 Å². The molecule has 3 rings (SSSR count). The highest BCUT2D eigenvalue weighted by atomic mass is 16.3. The summed E-state index contributed by atoms with van der Waals surface area (Å²) in [5.74, 6) is 1.71. The van der Waals surface area contributed by atoms with Gasteiger partial charge in [0.2, 0.25) is 11.8 Å². The normalized spacial score (nSPS) is 22.4. The third-order valence-corrected chi connectivity index (χ3v) is 3.98. The van der Waals surface area contributed by atoms with Gasteiger partial charge in [0.15, 0.2) is 0 Å². The van der Waals surface area contributed by atoms with Gasteiger partial charge in [-0.05, 0) is 31.9 Å².